The van der Waals surface area contributed by atoms with E-state index in [4.69, 9.17) is 0 Å². The Bertz CT molecular complexity index is 962. The van der Waals surface area contributed by atoms with Crippen molar-refractivity contribution < 1.29 is 8.42 Å². The van der Waals surface area contributed by atoms with E-state index in [1.807, 2.05) is 31.4 Å². The Morgan fingerprint density at radius 1 is 1.28 bits per heavy atom. The summed E-state index contributed by atoms with van der Waals surface area (Å²) in [5, 5.41) is 1.96. The first kappa shape index (κ1) is 17.7. The van der Waals surface area contributed by atoms with Crippen molar-refractivity contribution in [2.45, 2.75) is 31.3 Å². The summed E-state index contributed by atoms with van der Waals surface area (Å²) in [6.45, 7) is 4.00. The highest BCUT2D eigenvalue weighted by molar-refractivity contribution is 7.89. The molecule has 132 valence electrons. The monoisotopic (exact) mass is 377 g/mol. The molecule has 3 aromatic rings. The van der Waals surface area contributed by atoms with E-state index in [9.17, 15) is 8.42 Å². The van der Waals surface area contributed by atoms with Gasteiger partial charge in [-0.15, -0.1) is 11.3 Å². The molecule has 0 radical (unpaired) electrons. The van der Waals surface area contributed by atoms with Gasteiger partial charge in [-0.3, -0.25) is 9.97 Å². The van der Waals surface area contributed by atoms with Gasteiger partial charge in [0.1, 0.15) is 11.5 Å². The Hall–Kier alpha value is -2.10. The van der Waals surface area contributed by atoms with Crippen molar-refractivity contribution >= 4 is 21.4 Å². The van der Waals surface area contributed by atoms with Crippen LogP contribution in [0.4, 0.5) is 0 Å². The fourth-order valence-corrected chi connectivity index (χ4v) is 4.20. The molecular weight excluding hydrogens is 358 g/mol. The summed E-state index contributed by atoms with van der Waals surface area (Å²) in [5.74, 6) is 0.860. The number of imidazole rings is 1. The molecule has 9 heteroatoms. The molecule has 0 aliphatic carbocycles. The van der Waals surface area contributed by atoms with Crippen LogP contribution in [0.5, 0.6) is 0 Å². The molecule has 7 nitrogen and oxygen atoms in total. The van der Waals surface area contributed by atoms with Gasteiger partial charge in [0.25, 0.3) is 10.0 Å². The molecule has 25 heavy (non-hydrogen) atoms. The van der Waals surface area contributed by atoms with E-state index in [1.165, 1.54) is 17.5 Å². The van der Waals surface area contributed by atoms with Crippen LogP contribution in [0.1, 0.15) is 31.3 Å². The number of thiophene rings is 1. The zero-order chi connectivity index (χ0) is 18.0. The van der Waals surface area contributed by atoms with Gasteiger partial charge in [-0.25, -0.2) is 18.1 Å². The first-order valence-electron chi connectivity index (χ1n) is 7.75. The van der Waals surface area contributed by atoms with Crippen molar-refractivity contribution in [1.82, 2.24) is 24.2 Å². The number of aromatic nitrogens is 4. The number of nitrogens with one attached hydrogen (secondary N) is 1. The lowest BCUT2D eigenvalue weighted by Crippen LogP contribution is -2.24. The third-order valence-electron chi connectivity index (χ3n) is 3.64. The Balaban J connectivity index is 1.83. The molecule has 0 aliphatic rings. The molecule has 1 N–H and O–H groups in total. The maximum absolute atomic E-state index is 12.6. The second-order valence-corrected chi connectivity index (χ2v) is 8.52. The van der Waals surface area contributed by atoms with Gasteiger partial charge >= 0.3 is 0 Å². The number of aryl methyl sites for hydroxylation is 1. The molecule has 3 heterocycles. The molecule has 0 fully saturated rings. The van der Waals surface area contributed by atoms with Gasteiger partial charge in [-0.1, -0.05) is 19.9 Å². The Morgan fingerprint density at radius 3 is 2.68 bits per heavy atom. The average molecular weight is 377 g/mol. The molecule has 0 bridgehead atoms. The van der Waals surface area contributed by atoms with Crippen LogP contribution in [0.2, 0.25) is 0 Å². The van der Waals surface area contributed by atoms with E-state index in [1.54, 1.807) is 24.0 Å². The molecular formula is C16H19N5O2S2. The van der Waals surface area contributed by atoms with Gasteiger partial charge in [0.15, 0.2) is 5.03 Å². The fraction of sp³-hybridized carbons (Fsp3) is 0.312. The van der Waals surface area contributed by atoms with E-state index >= 15 is 0 Å². The maximum atomic E-state index is 12.6. The van der Waals surface area contributed by atoms with Gasteiger partial charge in [-0.05, 0) is 11.4 Å². The highest BCUT2D eigenvalue weighted by atomic mass is 32.2. The number of hydrogen-bond donors (Lipinski definition) is 1. The maximum Gasteiger partial charge on any atom is 0.259 e. The average Bonchev–Trinajstić information content (AvgIpc) is 3.23. The topological polar surface area (TPSA) is 89.8 Å². The zero-order valence-corrected chi connectivity index (χ0v) is 15.8. The van der Waals surface area contributed by atoms with E-state index in [-0.39, 0.29) is 17.5 Å². The van der Waals surface area contributed by atoms with Crippen LogP contribution in [-0.2, 0) is 23.6 Å². The van der Waals surface area contributed by atoms with Crippen LogP contribution in [0.15, 0.2) is 41.1 Å². The normalized spacial score (nSPS) is 12.0. The minimum Gasteiger partial charge on any atom is -0.336 e. The van der Waals surface area contributed by atoms with Crippen LogP contribution in [0, 0.1) is 0 Å². The molecule has 3 aromatic heterocycles. The molecule has 0 spiro atoms. The molecule has 0 atom stereocenters. The predicted octanol–water partition coefficient (Wildman–Crippen LogP) is 2.54. The SMILES string of the molecule is CC(C)c1nc(S(=O)(=O)NCc2nccnc2-c2cccs2)cn1C. The molecule has 3 rings (SSSR count). The van der Waals surface area contributed by atoms with Crippen LogP contribution >= 0.6 is 11.3 Å². The van der Waals surface area contributed by atoms with Crippen molar-refractivity contribution in [2.24, 2.45) is 7.05 Å². The van der Waals surface area contributed by atoms with E-state index < -0.39 is 10.0 Å². The molecule has 0 unspecified atom stereocenters. The fourth-order valence-electron chi connectivity index (χ4n) is 2.47. The summed E-state index contributed by atoms with van der Waals surface area (Å²) in [6.07, 6.45) is 4.67. The summed E-state index contributed by atoms with van der Waals surface area (Å²) in [4.78, 5) is 13.8. The van der Waals surface area contributed by atoms with E-state index in [0.717, 1.165) is 10.7 Å². The molecule has 0 saturated heterocycles. The van der Waals surface area contributed by atoms with Crippen molar-refractivity contribution in [2.75, 3.05) is 0 Å². The number of rotatable bonds is 6. The largest absolute Gasteiger partial charge is 0.336 e. The number of hydrogen-bond acceptors (Lipinski definition) is 6. The van der Waals surface area contributed by atoms with Crippen molar-refractivity contribution in [3.8, 4) is 10.6 Å². The highest BCUT2D eigenvalue weighted by Crippen LogP contribution is 2.25. The van der Waals surface area contributed by atoms with Crippen molar-refractivity contribution in [1.29, 1.82) is 0 Å². The minimum absolute atomic E-state index is 0.0141. The smallest absolute Gasteiger partial charge is 0.259 e. The first-order chi connectivity index (χ1) is 11.9. The summed E-state index contributed by atoms with van der Waals surface area (Å²) < 4.78 is 29.4. The predicted molar refractivity (Wildman–Crippen MR) is 96.7 cm³/mol. The third kappa shape index (κ3) is 3.78. The van der Waals surface area contributed by atoms with Crippen LogP contribution in [0.25, 0.3) is 10.6 Å². The van der Waals surface area contributed by atoms with Crippen molar-refractivity contribution in [3.05, 3.63) is 47.6 Å². The highest BCUT2D eigenvalue weighted by Gasteiger charge is 2.21. The van der Waals surface area contributed by atoms with Gasteiger partial charge in [-0.2, -0.15) is 0 Å². The summed E-state index contributed by atoms with van der Waals surface area (Å²) in [6, 6.07) is 3.85. The van der Waals surface area contributed by atoms with Gasteiger partial charge in [0, 0.05) is 31.6 Å². The molecule has 0 aromatic carbocycles. The van der Waals surface area contributed by atoms with E-state index in [0.29, 0.717) is 11.4 Å². The second kappa shape index (κ2) is 7.03. The lowest BCUT2D eigenvalue weighted by molar-refractivity contribution is 0.576. The quantitative estimate of drug-likeness (QED) is 0.713. The van der Waals surface area contributed by atoms with Gasteiger partial charge < -0.3 is 4.57 Å². The van der Waals surface area contributed by atoms with Crippen molar-refractivity contribution in [3.63, 3.8) is 0 Å². The molecule has 0 saturated carbocycles. The number of sulfonamides is 1. The minimum atomic E-state index is -3.73. The summed E-state index contributed by atoms with van der Waals surface area (Å²) in [7, 11) is -1.93. The number of nitrogens with zero attached hydrogens (tertiary/aromatic N) is 4. The first-order valence-corrected chi connectivity index (χ1v) is 10.1. The van der Waals surface area contributed by atoms with Crippen LogP contribution in [-0.4, -0.2) is 27.9 Å². The Kier molecular flexibility index (Phi) is 4.98. The molecule has 0 amide bonds. The van der Waals surface area contributed by atoms with Gasteiger partial charge in [0.05, 0.1) is 17.1 Å². The third-order valence-corrected chi connectivity index (χ3v) is 5.79. The lowest BCUT2D eigenvalue weighted by Gasteiger charge is -2.07. The summed E-state index contributed by atoms with van der Waals surface area (Å²) in [5.41, 5.74) is 1.26. The Morgan fingerprint density at radius 2 is 2.04 bits per heavy atom. The molecule has 0 aliphatic heterocycles. The Labute approximate surface area is 150 Å². The second-order valence-electron chi connectivity index (χ2n) is 5.86. The van der Waals surface area contributed by atoms with Gasteiger partial charge in [0.2, 0.25) is 0 Å². The lowest BCUT2D eigenvalue weighted by atomic mass is 10.2. The zero-order valence-electron chi connectivity index (χ0n) is 14.2. The van der Waals surface area contributed by atoms with Crippen LogP contribution in [0.3, 0.4) is 0 Å². The van der Waals surface area contributed by atoms with E-state index in [2.05, 4.69) is 19.7 Å². The summed E-state index contributed by atoms with van der Waals surface area (Å²) >= 11 is 1.53. The van der Waals surface area contributed by atoms with Crippen LogP contribution < -0.4 is 4.72 Å². The standard InChI is InChI=1S/C16H19N5O2S2/c1-11(2)16-20-14(10-21(16)3)25(22,23)19-9-12-15(18-7-6-17-12)13-5-4-8-24-13/h4-8,10-11,19H,9H2,1-3H3.